The number of rotatable bonds is 7. The zero-order valence-corrected chi connectivity index (χ0v) is 19.1. The Hall–Kier alpha value is -3.97. The topological polar surface area (TPSA) is 84.2 Å². The Bertz CT molecular complexity index is 1440. The van der Waals surface area contributed by atoms with E-state index < -0.39 is 11.4 Å². The summed E-state index contributed by atoms with van der Waals surface area (Å²) in [5.74, 6) is -0.994. The maximum Gasteiger partial charge on any atom is 0.341 e. The smallest absolute Gasteiger partial charge is 0.341 e. The SMILES string of the molecule is O=C(O)c1cn(CC2C=CC=CC2c2ccccc2)c2sc(NCc3ccccc3)nc2c1=O. The fourth-order valence-corrected chi connectivity index (χ4v) is 5.22. The normalized spacial score (nSPS) is 17.2. The Kier molecular flexibility index (Phi) is 6.10. The average molecular weight is 470 g/mol. The van der Waals surface area contributed by atoms with Crippen molar-refractivity contribution >= 4 is 32.8 Å². The molecule has 2 N–H and O–H groups in total. The third kappa shape index (κ3) is 4.43. The molecule has 5 rings (SSSR count). The van der Waals surface area contributed by atoms with Crippen molar-refractivity contribution in [3.05, 3.63) is 118 Å². The first-order chi connectivity index (χ1) is 16.6. The molecule has 2 atom stereocenters. The number of carbonyl (C=O) groups is 1. The van der Waals surface area contributed by atoms with Crippen LogP contribution in [0, 0.1) is 5.92 Å². The maximum absolute atomic E-state index is 12.9. The van der Waals surface area contributed by atoms with E-state index in [2.05, 4.69) is 34.6 Å². The molecule has 34 heavy (non-hydrogen) atoms. The Labute approximate surface area is 200 Å². The van der Waals surface area contributed by atoms with Crippen LogP contribution in [0.5, 0.6) is 0 Å². The molecule has 0 spiro atoms. The first kappa shape index (κ1) is 21.9. The van der Waals surface area contributed by atoms with E-state index in [4.69, 9.17) is 0 Å². The van der Waals surface area contributed by atoms with Gasteiger partial charge >= 0.3 is 5.97 Å². The first-order valence-corrected chi connectivity index (χ1v) is 11.9. The summed E-state index contributed by atoms with van der Waals surface area (Å²) in [6.07, 6.45) is 9.81. The Morgan fingerprint density at radius 2 is 1.74 bits per heavy atom. The standard InChI is InChI=1S/C27H23N3O3S/c31-24-22(26(32)33)17-30(16-20-13-7-8-14-21(20)19-11-5-2-6-12-19)25-23(24)29-27(34-25)28-15-18-9-3-1-4-10-18/h1-14,17,20-21H,15-16H2,(H,28,29)(H,32,33). The predicted octanol–water partition coefficient (Wildman–Crippen LogP) is 5.29. The third-order valence-corrected chi connectivity index (χ3v) is 7.02. The van der Waals surface area contributed by atoms with Gasteiger partial charge in [-0.3, -0.25) is 4.79 Å². The lowest BCUT2D eigenvalue weighted by Gasteiger charge is -2.26. The Morgan fingerprint density at radius 3 is 2.47 bits per heavy atom. The summed E-state index contributed by atoms with van der Waals surface area (Å²) in [5, 5.41) is 13.5. The first-order valence-electron chi connectivity index (χ1n) is 11.0. The van der Waals surface area contributed by atoms with Crippen molar-refractivity contribution in [3.63, 3.8) is 0 Å². The molecule has 0 amide bonds. The van der Waals surface area contributed by atoms with Gasteiger partial charge in [0.1, 0.15) is 15.9 Å². The second-order valence-corrected chi connectivity index (χ2v) is 9.19. The largest absolute Gasteiger partial charge is 0.477 e. The number of carboxylic acid groups (broad SMARTS) is 1. The number of anilines is 1. The van der Waals surface area contributed by atoms with E-state index in [0.29, 0.717) is 23.1 Å². The van der Waals surface area contributed by atoms with Crippen LogP contribution in [0.3, 0.4) is 0 Å². The number of hydrogen-bond donors (Lipinski definition) is 2. The summed E-state index contributed by atoms with van der Waals surface area (Å²) in [6, 6.07) is 20.1. The minimum atomic E-state index is -1.24. The number of thiazole rings is 1. The monoisotopic (exact) mass is 469 g/mol. The highest BCUT2D eigenvalue weighted by molar-refractivity contribution is 7.21. The second-order valence-electron chi connectivity index (χ2n) is 8.21. The van der Waals surface area contributed by atoms with Crippen LogP contribution < -0.4 is 10.7 Å². The van der Waals surface area contributed by atoms with Crippen LogP contribution in [0.15, 0.2) is 96.0 Å². The molecule has 0 radical (unpaired) electrons. The van der Waals surface area contributed by atoms with Crippen molar-refractivity contribution in [1.29, 1.82) is 0 Å². The summed E-state index contributed by atoms with van der Waals surface area (Å²) in [7, 11) is 0. The van der Waals surface area contributed by atoms with E-state index in [1.807, 2.05) is 65.3 Å². The number of nitrogens with zero attached hydrogens (tertiary/aromatic N) is 2. The molecule has 1 aliphatic carbocycles. The van der Waals surface area contributed by atoms with Gasteiger partial charge in [0.25, 0.3) is 0 Å². The van der Waals surface area contributed by atoms with Gasteiger partial charge in [0.05, 0.1) is 0 Å². The van der Waals surface area contributed by atoms with Crippen LogP contribution in [-0.4, -0.2) is 20.6 Å². The van der Waals surface area contributed by atoms with Gasteiger partial charge in [0.2, 0.25) is 5.43 Å². The maximum atomic E-state index is 12.9. The molecule has 1 aliphatic rings. The Balaban J connectivity index is 1.51. The quantitative estimate of drug-likeness (QED) is 0.384. The summed E-state index contributed by atoms with van der Waals surface area (Å²) in [5.41, 5.74) is 1.65. The molecule has 2 heterocycles. The van der Waals surface area contributed by atoms with Gasteiger partial charge in [-0.15, -0.1) is 0 Å². The molecule has 4 aromatic rings. The molecule has 0 bridgehead atoms. The van der Waals surface area contributed by atoms with Crippen LogP contribution in [0.4, 0.5) is 5.13 Å². The third-order valence-electron chi connectivity index (χ3n) is 5.97. The highest BCUT2D eigenvalue weighted by Gasteiger charge is 2.24. The molecular formula is C27H23N3O3S. The van der Waals surface area contributed by atoms with Crippen LogP contribution in [0.1, 0.15) is 27.4 Å². The minimum Gasteiger partial charge on any atom is -0.477 e. The minimum absolute atomic E-state index is 0.0996. The Morgan fingerprint density at radius 1 is 1.03 bits per heavy atom. The van der Waals surface area contributed by atoms with Gasteiger partial charge in [-0.1, -0.05) is 96.3 Å². The molecule has 2 aromatic heterocycles. The summed E-state index contributed by atoms with van der Waals surface area (Å²) in [6.45, 7) is 1.09. The lowest BCUT2D eigenvalue weighted by Crippen LogP contribution is -2.22. The average Bonchev–Trinajstić information content (AvgIpc) is 3.31. The van der Waals surface area contributed by atoms with E-state index in [1.165, 1.54) is 23.1 Å². The number of allylic oxidation sites excluding steroid dienone is 4. The fraction of sp³-hybridized carbons (Fsp3) is 0.148. The number of nitrogens with one attached hydrogen (secondary N) is 1. The number of hydrogen-bond acceptors (Lipinski definition) is 5. The summed E-state index contributed by atoms with van der Waals surface area (Å²) in [4.78, 5) is 29.9. The van der Waals surface area contributed by atoms with E-state index in [-0.39, 0.29) is 22.9 Å². The molecular weight excluding hydrogens is 446 g/mol. The molecule has 2 aromatic carbocycles. The van der Waals surface area contributed by atoms with Crippen molar-refractivity contribution in [2.45, 2.75) is 19.0 Å². The van der Waals surface area contributed by atoms with Gasteiger partial charge in [-0.05, 0) is 11.1 Å². The molecule has 7 heteroatoms. The van der Waals surface area contributed by atoms with Crippen LogP contribution in [0.25, 0.3) is 10.3 Å². The van der Waals surface area contributed by atoms with Gasteiger partial charge in [0, 0.05) is 31.1 Å². The molecule has 0 aliphatic heterocycles. The van der Waals surface area contributed by atoms with Crippen LogP contribution in [0.2, 0.25) is 0 Å². The highest BCUT2D eigenvalue weighted by atomic mass is 32.1. The molecule has 6 nitrogen and oxygen atoms in total. The van der Waals surface area contributed by atoms with Crippen molar-refractivity contribution in [2.75, 3.05) is 5.32 Å². The lowest BCUT2D eigenvalue weighted by molar-refractivity contribution is 0.0694. The van der Waals surface area contributed by atoms with Crippen molar-refractivity contribution in [3.8, 4) is 0 Å². The molecule has 0 fully saturated rings. The molecule has 0 saturated heterocycles. The van der Waals surface area contributed by atoms with E-state index in [9.17, 15) is 14.7 Å². The number of fused-ring (bicyclic) bond motifs is 1. The van der Waals surface area contributed by atoms with Crippen molar-refractivity contribution < 1.29 is 9.90 Å². The highest BCUT2D eigenvalue weighted by Crippen LogP contribution is 2.33. The number of aromatic carboxylic acids is 1. The number of pyridine rings is 1. The van der Waals surface area contributed by atoms with Crippen molar-refractivity contribution in [2.24, 2.45) is 5.92 Å². The molecule has 170 valence electrons. The van der Waals surface area contributed by atoms with Gasteiger partial charge in [-0.25, -0.2) is 9.78 Å². The van der Waals surface area contributed by atoms with Crippen molar-refractivity contribution in [1.82, 2.24) is 9.55 Å². The summed E-state index contributed by atoms with van der Waals surface area (Å²) < 4.78 is 1.87. The van der Waals surface area contributed by atoms with E-state index in [0.717, 1.165) is 5.56 Å². The van der Waals surface area contributed by atoms with Gasteiger partial charge < -0.3 is 15.0 Å². The molecule has 2 unspecified atom stereocenters. The second kappa shape index (κ2) is 9.49. The van der Waals surface area contributed by atoms with Crippen LogP contribution in [-0.2, 0) is 13.1 Å². The van der Waals surface area contributed by atoms with Gasteiger partial charge in [-0.2, -0.15) is 0 Å². The van der Waals surface area contributed by atoms with E-state index >= 15 is 0 Å². The number of aromatic nitrogens is 2. The van der Waals surface area contributed by atoms with Crippen LogP contribution >= 0.6 is 11.3 Å². The number of benzene rings is 2. The van der Waals surface area contributed by atoms with E-state index in [1.54, 1.807) is 0 Å². The zero-order chi connectivity index (χ0) is 23.5. The summed E-state index contributed by atoms with van der Waals surface area (Å²) >= 11 is 1.37. The van der Waals surface area contributed by atoms with Gasteiger partial charge in [0.15, 0.2) is 5.13 Å². The fourth-order valence-electron chi connectivity index (χ4n) is 4.28. The number of carboxylic acids is 1. The molecule has 0 saturated carbocycles. The zero-order valence-electron chi connectivity index (χ0n) is 18.3. The predicted molar refractivity (Wildman–Crippen MR) is 136 cm³/mol. The lowest BCUT2D eigenvalue weighted by atomic mass is 9.83.